The summed E-state index contributed by atoms with van der Waals surface area (Å²) in [4.78, 5) is 3.83. The van der Waals surface area contributed by atoms with Crippen LogP contribution in [-0.4, -0.2) is 14.8 Å². The third-order valence-corrected chi connectivity index (χ3v) is 4.79. The van der Waals surface area contributed by atoms with Crippen LogP contribution in [0.3, 0.4) is 0 Å². The molecule has 0 saturated heterocycles. The van der Waals surface area contributed by atoms with E-state index in [1.54, 1.807) is 0 Å². The monoisotopic (exact) mass is 472 g/mol. The Morgan fingerprint density at radius 3 is 2.35 bits per heavy atom. The first kappa shape index (κ1) is 23.0. The van der Waals surface area contributed by atoms with Crippen molar-refractivity contribution in [2.75, 3.05) is 5.32 Å². The Hall–Kier alpha value is -4.21. The lowest BCUT2D eigenvalue weighted by Gasteiger charge is -2.15. The van der Waals surface area contributed by atoms with Gasteiger partial charge in [0.25, 0.3) is 0 Å². The van der Waals surface area contributed by atoms with E-state index in [4.69, 9.17) is 4.74 Å². The van der Waals surface area contributed by atoms with Crippen LogP contribution in [0.1, 0.15) is 16.7 Å². The van der Waals surface area contributed by atoms with Crippen molar-refractivity contribution >= 4 is 11.5 Å². The zero-order chi connectivity index (χ0) is 24.3. The lowest BCUT2D eigenvalue weighted by atomic mass is 10.1. The molecule has 0 spiro atoms. The molecule has 0 saturated carbocycles. The third kappa shape index (κ3) is 5.22. The molecule has 0 aliphatic carbocycles. The first-order valence-electron chi connectivity index (χ1n) is 9.92. The van der Waals surface area contributed by atoms with Crippen molar-refractivity contribution in [3.05, 3.63) is 108 Å². The number of anilines is 1. The summed E-state index contributed by atoms with van der Waals surface area (Å²) < 4.78 is 75.8. The van der Waals surface area contributed by atoms with E-state index in [0.717, 1.165) is 18.2 Å². The molecule has 0 unspecified atom stereocenters. The van der Waals surface area contributed by atoms with Gasteiger partial charge in [-0.05, 0) is 42.0 Å². The standard InChI is InChI=1S/C24H17F5N4O/c1-15(23-20(25)3-2-4-21(23)26)31-22-9-12-33(32-22)14-16-5-6-18(13-19(16)24(27,28)29)34-17-7-10-30-11-8-17/h2-13H,1,14H2,(H,31,32). The molecule has 0 aliphatic heterocycles. The second-order valence-electron chi connectivity index (χ2n) is 7.20. The van der Waals surface area contributed by atoms with Gasteiger partial charge in [0.2, 0.25) is 0 Å². The molecule has 1 N–H and O–H groups in total. The zero-order valence-corrected chi connectivity index (χ0v) is 17.5. The van der Waals surface area contributed by atoms with Crippen LogP contribution in [0.2, 0.25) is 0 Å². The van der Waals surface area contributed by atoms with Crippen LogP contribution in [0.25, 0.3) is 5.70 Å². The van der Waals surface area contributed by atoms with Crippen molar-refractivity contribution in [3.8, 4) is 11.5 Å². The van der Waals surface area contributed by atoms with E-state index < -0.39 is 23.4 Å². The molecule has 5 nitrogen and oxygen atoms in total. The van der Waals surface area contributed by atoms with E-state index in [9.17, 15) is 22.0 Å². The number of benzene rings is 2. The molecule has 0 fully saturated rings. The van der Waals surface area contributed by atoms with Crippen LogP contribution in [0.15, 0.2) is 79.8 Å². The smallest absolute Gasteiger partial charge is 0.416 e. The summed E-state index contributed by atoms with van der Waals surface area (Å²) in [5.41, 5.74) is -1.33. The number of halogens is 5. The van der Waals surface area contributed by atoms with E-state index >= 15 is 0 Å². The largest absolute Gasteiger partial charge is 0.457 e. The third-order valence-electron chi connectivity index (χ3n) is 4.79. The van der Waals surface area contributed by atoms with Crippen LogP contribution >= 0.6 is 0 Å². The maximum Gasteiger partial charge on any atom is 0.416 e. The van der Waals surface area contributed by atoms with Crippen molar-refractivity contribution in [2.45, 2.75) is 12.7 Å². The minimum atomic E-state index is -4.63. The molecule has 0 amide bonds. The van der Waals surface area contributed by atoms with Gasteiger partial charge in [-0.2, -0.15) is 18.3 Å². The number of rotatable bonds is 7. The van der Waals surface area contributed by atoms with Gasteiger partial charge in [-0.25, -0.2) is 8.78 Å². The van der Waals surface area contributed by atoms with Crippen molar-refractivity contribution in [2.24, 2.45) is 0 Å². The van der Waals surface area contributed by atoms with Gasteiger partial charge in [0.15, 0.2) is 5.82 Å². The number of ether oxygens (including phenoxy) is 1. The van der Waals surface area contributed by atoms with Gasteiger partial charge in [-0.1, -0.05) is 18.7 Å². The Bertz CT molecular complexity index is 1300. The van der Waals surface area contributed by atoms with Gasteiger partial charge in [0, 0.05) is 30.4 Å². The maximum atomic E-state index is 13.9. The molecule has 0 bridgehead atoms. The average Bonchev–Trinajstić information content (AvgIpc) is 3.21. The highest BCUT2D eigenvalue weighted by molar-refractivity contribution is 5.74. The van der Waals surface area contributed by atoms with Gasteiger partial charge in [-0.3, -0.25) is 9.67 Å². The number of nitrogens with one attached hydrogen (secondary N) is 1. The normalized spacial score (nSPS) is 11.3. The van der Waals surface area contributed by atoms with E-state index in [-0.39, 0.29) is 34.9 Å². The Labute approximate surface area is 191 Å². The fourth-order valence-electron chi connectivity index (χ4n) is 3.26. The summed E-state index contributed by atoms with van der Waals surface area (Å²) in [5, 5.41) is 6.81. The number of hydrogen-bond donors (Lipinski definition) is 1. The minimum Gasteiger partial charge on any atom is -0.457 e. The molecule has 4 rings (SSSR count). The molecule has 2 heterocycles. The number of hydrogen-bond acceptors (Lipinski definition) is 4. The quantitative estimate of drug-likeness (QED) is 0.312. The highest BCUT2D eigenvalue weighted by Gasteiger charge is 2.34. The number of pyridine rings is 1. The molecule has 10 heteroatoms. The zero-order valence-electron chi connectivity index (χ0n) is 17.5. The Morgan fingerprint density at radius 2 is 1.68 bits per heavy atom. The Kier molecular flexibility index (Phi) is 6.31. The number of nitrogens with zero attached hydrogens (tertiary/aromatic N) is 3. The Balaban J connectivity index is 1.53. The minimum absolute atomic E-state index is 0.0216. The lowest BCUT2D eigenvalue weighted by Crippen LogP contribution is -2.12. The predicted octanol–water partition coefficient (Wildman–Crippen LogP) is 6.50. The number of aromatic nitrogens is 3. The highest BCUT2D eigenvalue weighted by atomic mass is 19.4. The van der Waals surface area contributed by atoms with E-state index in [0.29, 0.717) is 5.75 Å². The fraction of sp³-hybridized carbons (Fsp3) is 0.0833. The van der Waals surface area contributed by atoms with Crippen molar-refractivity contribution < 1.29 is 26.7 Å². The second kappa shape index (κ2) is 9.34. The molecule has 2 aromatic carbocycles. The maximum absolute atomic E-state index is 13.9. The van der Waals surface area contributed by atoms with Crippen LogP contribution in [0.4, 0.5) is 27.8 Å². The molecule has 0 atom stereocenters. The average molecular weight is 472 g/mol. The van der Waals surface area contributed by atoms with Crippen LogP contribution in [0.5, 0.6) is 11.5 Å². The lowest BCUT2D eigenvalue weighted by molar-refractivity contribution is -0.138. The second-order valence-corrected chi connectivity index (χ2v) is 7.20. The summed E-state index contributed by atoms with van der Waals surface area (Å²) >= 11 is 0. The molecule has 0 aliphatic rings. The molecule has 34 heavy (non-hydrogen) atoms. The van der Waals surface area contributed by atoms with Crippen molar-refractivity contribution in [1.82, 2.24) is 14.8 Å². The Morgan fingerprint density at radius 1 is 0.971 bits per heavy atom. The predicted molar refractivity (Wildman–Crippen MR) is 116 cm³/mol. The summed E-state index contributed by atoms with van der Waals surface area (Å²) in [5.74, 6) is -1.07. The van der Waals surface area contributed by atoms with Gasteiger partial charge in [0.05, 0.1) is 17.7 Å². The van der Waals surface area contributed by atoms with Gasteiger partial charge >= 0.3 is 6.18 Å². The summed E-state index contributed by atoms with van der Waals surface area (Å²) in [6, 6.07) is 11.6. The first-order chi connectivity index (χ1) is 16.2. The van der Waals surface area contributed by atoms with Gasteiger partial charge in [0.1, 0.15) is 23.1 Å². The van der Waals surface area contributed by atoms with Crippen molar-refractivity contribution in [3.63, 3.8) is 0 Å². The van der Waals surface area contributed by atoms with Crippen LogP contribution in [-0.2, 0) is 12.7 Å². The van der Waals surface area contributed by atoms with Crippen LogP contribution < -0.4 is 10.1 Å². The van der Waals surface area contributed by atoms with Gasteiger partial charge in [-0.15, -0.1) is 0 Å². The molecule has 2 aromatic heterocycles. The first-order valence-corrected chi connectivity index (χ1v) is 9.92. The van der Waals surface area contributed by atoms with Gasteiger partial charge < -0.3 is 10.1 Å². The molecule has 4 aromatic rings. The van der Waals surface area contributed by atoms with E-state index in [2.05, 4.69) is 22.0 Å². The summed E-state index contributed by atoms with van der Waals surface area (Å²) in [7, 11) is 0. The number of alkyl halides is 3. The van der Waals surface area contributed by atoms with E-state index in [1.807, 2.05) is 0 Å². The van der Waals surface area contributed by atoms with E-state index in [1.165, 1.54) is 59.7 Å². The molecular weight excluding hydrogens is 455 g/mol. The topological polar surface area (TPSA) is 52.0 Å². The molecule has 174 valence electrons. The van der Waals surface area contributed by atoms with Crippen molar-refractivity contribution in [1.29, 1.82) is 0 Å². The highest BCUT2D eigenvalue weighted by Crippen LogP contribution is 2.36. The molecule has 0 radical (unpaired) electrons. The fourth-order valence-corrected chi connectivity index (χ4v) is 3.26. The summed E-state index contributed by atoms with van der Waals surface area (Å²) in [6.07, 6.45) is -0.257. The van der Waals surface area contributed by atoms with Crippen LogP contribution in [0, 0.1) is 11.6 Å². The summed E-state index contributed by atoms with van der Waals surface area (Å²) in [6.45, 7) is 3.42. The molecular formula is C24H17F5N4O. The SMILES string of the molecule is C=C(Nc1ccn(Cc2ccc(Oc3ccncc3)cc2C(F)(F)F)n1)c1c(F)cccc1F.